The molecule has 8 unspecified atom stereocenters. The molecule has 2 heterocycles. The number of aryl methyl sites for hydroxylation is 2. The largest absolute Gasteiger partial charge is 0.489 e. The van der Waals surface area contributed by atoms with E-state index in [9.17, 15) is 24.9 Å². The van der Waals surface area contributed by atoms with E-state index >= 15 is 0 Å². The summed E-state index contributed by atoms with van der Waals surface area (Å²) >= 11 is 0. The van der Waals surface area contributed by atoms with Crippen LogP contribution in [-0.4, -0.2) is 72.5 Å². The molecular formula is C36H46O9. The maximum atomic E-state index is 11.3. The summed E-state index contributed by atoms with van der Waals surface area (Å²) in [4.78, 5) is 22.5. The van der Waals surface area contributed by atoms with E-state index in [2.05, 4.69) is 33.7 Å². The molecule has 9 heteroatoms. The Morgan fingerprint density at radius 1 is 0.822 bits per heavy atom. The molecule has 2 fully saturated rings. The average Bonchev–Trinajstić information content (AvgIpc) is 3.76. The van der Waals surface area contributed by atoms with Gasteiger partial charge in [-0.2, -0.15) is 0 Å². The summed E-state index contributed by atoms with van der Waals surface area (Å²) in [7, 11) is 2.81. The maximum Gasteiger partial charge on any atom is 0.305 e. The van der Waals surface area contributed by atoms with Crippen molar-refractivity contribution in [2.24, 2.45) is 11.8 Å². The number of hydrogen-bond acceptors (Lipinski definition) is 9. The highest BCUT2D eigenvalue weighted by molar-refractivity contribution is 5.69. The van der Waals surface area contributed by atoms with Gasteiger partial charge in [0.15, 0.2) is 0 Å². The second kappa shape index (κ2) is 14.8. The second-order valence-electron chi connectivity index (χ2n) is 12.5. The number of aliphatic hydroxyl groups excluding tert-OH is 3. The molecule has 2 aromatic rings. The first-order chi connectivity index (χ1) is 21.8. The number of para-hydroxylation sites is 2. The van der Waals surface area contributed by atoms with Gasteiger partial charge in [-0.05, 0) is 43.7 Å². The quantitative estimate of drug-likeness (QED) is 0.261. The maximum absolute atomic E-state index is 11.3. The van der Waals surface area contributed by atoms with Gasteiger partial charge in [0.25, 0.3) is 0 Å². The lowest BCUT2D eigenvalue weighted by Gasteiger charge is -2.18. The Balaban J connectivity index is 0.000000178. The molecule has 0 radical (unpaired) electrons. The van der Waals surface area contributed by atoms with Gasteiger partial charge >= 0.3 is 11.9 Å². The Kier molecular flexibility index (Phi) is 10.8. The molecule has 9 nitrogen and oxygen atoms in total. The van der Waals surface area contributed by atoms with Crippen LogP contribution in [0.2, 0.25) is 0 Å². The van der Waals surface area contributed by atoms with Gasteiger partial charge in [0.05, 0.1) is 26.4 Å². The van der Waals surface area contributed by atoms with Crippen molar-refractivity contribution in [2.75, 3.05) is 20.8 Å². The van der Waals surface area contributed by atoms with Crippen LogP contribution in [0.4, 0.5) is 0 Å². The van der Waals surface area contributed by atoms with E-state index in [0.29, 0.717) is 32.1 Å². The van der Waals surface area contributed by atoms with Crippen molar-refractivity contribution in [1.29, 1.82) is 0 Å². The summed E-state index contributed by atoms with van der Waals surface area (Å²) in [6, 6.07) is 12.2. The van der Waals surface area contributed by atoms with E-state index < -0.39 is 6.10 Å². The molecule has 0 aromatic heterocycles. The number of esters is 2. The van der Waals surface area contributed by atoms with Crippen molar-refractivity contribution in [3.63, 3.8) is 0 Å². The molecule has 0 amide bonds. The fraction of sp³-hybridized carbons (Fsp3) is 0.556. The molecule has 45 heavy (non-hydrogen) atoms. The molecule has 2 aliphatic heterocycles. The summed E-state index contributed by atoms with van der Waals surface area (Å²) < 4.78 is 21.6. The van der Waals surface area contributed by atoms with Crippen LogP contribution in [-0.2, 0) is 31.9 Å². The van der Waals surface area contributed by atoms with Crippen molar-refractivity contribution < 1.29 is 43.9 Å². The lowest BCUT2D eigenvalue weighted by Crippen LogP contribution is -2.22. The predicted octanol–water partition coefficient (Wildman–Crippen LogP) is 4.38. The molecule has 0 saturated heterocycles. The van der Waals surface area contributed by atoms with E-state index in [1.54, 1.807) is 0 Å². The van der Waals surface area contributed by atoms with Gasteiger partial charge in [-0.3, -0.25) is 9.59 Å². The van der Waals surface area contributed by atoms with Gasteiger partial charge < -0.3 is 34.3 Å². The number of ether oxygens (including phenoxy) is 4. The Morgan fingerprint density at radius 2 is 1.33 bits per heavy atom. The third-order valence-corrected chi connectivity index (χ3v) is 9.81. The lowest BCUT2D eigenvalue weighted by molar-refractivity contribution is -0.141. The van der Waals surface area contributed by atoms with E-state index in [4.69, 9.17) is 9.47 Å². The van der Waals surface area contributed by atoms with E-state index in [-0.39, 0.29) is 60.5 Å². The van der Waals surface area contributed by atoms with Crippen LogP contribution in [0.5, 0.6) is 11.5 Å². The van der Waals surface area contributed by atoms with Crippen molar-refractivity contribution >= 4 is 11.9 Å². The minimum absolute atomic E-state index is 0.0301. The monoisotopic (exact) mass is 622 g/mol. The van der Waals surface area contributed by atoms with Gasteiger partial charge in [0.2, 0.25) is 0 Å². The number of methoxy groups -OCH3 is 2. The lowest BCUT2D eigenvalue weighted by atomic mass is 9.86. The molecule has 0 bridgehead atoms. The fourth-order valence-corrected chi connectivity index (χ4v) is 7.66. The summed E-state index contributed by atoms with van der Waals surface area (Å²) in [5.41, 5.74) is 4.51. The van der Waals surface area contributed by atoms with E-state index in [1.165, 1.54) is 19.8 Å². The number of benzene rings is 2. The highest BCUT2D eigenvalue weighted by atomic mass is 16.5. The van der Waals surface area contributed by atoms with Crippen molar-refractivity contribution in [1.82, 2.24) is 0 Å². The zero-order valence-corrected chi connectivity index (χ0v) is 26.4. The standard InChI is InChI=1S/C19H24O4.C17H22O5/c1-3-6-13-15(20)11-16-18(13)14-9-4-7-12(19(14)23-16)8-5-10-17(21)22-2;1-21-15(20)7-3-5-10-4-2-6-11-16-12(9-18)13(19)8-14(16)22-17(10)11/h3-4,6-7,9,13,15-16,18,20H,5,8,10-11H2,1-2H3;2,4,6,12-14,16,18-19H,3,5,7-9H2,1H3/b6-3+;. The zero-order chi connectivity index (χ0) is 32.1. The molecule has 244 valence electrons. The summed E-state index contributed by atoms with van der Waals surface area (Å²) in [5, 5.41) is 29.8. The van der Waals surface area contributed by atoms with Crippen LogP contribution in [0.25, 0.3) is 0 Å². The predicted molar refractivity (Wildman–Crippen MR) is 167 cm³/mol. The minimum Gasteiger partial charge on any atom is -0.489 e. The number of carbonyl (C=O) groups is 2. The normalized spacial score (nSPS) is 28.7. The van der Waals surface area contributed by atoms with Crippen LogP contribution in [0.3, 0.4) is 0 Å². The van der Waals surface area contributed by atoms with Crippen molar-refractivity contribution in [2.45, 2.75) is 94.5 Å². The first kappa shape index (κ1) is 33.0. The zero-order valence-electron chi connectivity index (χ0n) is 26.4. The number of carbonyl (C=O) groups excluding carboxylic acids is 2. The van der Waals surface area contributed by atoms with E-state index in [1.807, 2.05) is 31.2 Å². The van der Waals surface area contributed by atoms with Gasteiger partial charge in [-0.15, -0.1) is 0 Å². The van der Waals surface area contributed by atoms with Gasteiger partial charge in [-0.1, -0.05) is 48.6 Å². The number of fused-ring (bicyclic) bond motifs is 6. The van der Waals surface area contributed by atoms with Crippen molar-refractivity contribution in [3.05, 3.63) is 70.8 Å². The first-order valence-corrected chi connectivity index (χ1v) is 16.1. The van der Waals surface area contributed by atoms with Crippen LogP contribution >= 0.6 is 0 Å². The van der Waals surface area contributed by atoms with Crippen LogP contribution < -0.4 is 9.47 Å². The van der Waals surface area contributed by atoms with Crippen LogP contribution in [0.15, 0.2) is 48.6 Å². The number of rotatable bonds is 10. The Labute approximate surface area is 265 Å². The first-order valence-electron chi connectivity index (χ1n) is 16.1. The number of aliphatic hydroxyl groups is 3. The van der Waals surface area contributed by atoms with E-state index in [0.717, 1.165) is 47.5 Å². The smallest absolute Gasteiger partial charge is 0.305 e. The topological polar surface area (TPSA) is 132 Å². The molecule has 3 N–H and O–H groups in total. The Bertz CT molecular complexity index is 1370. The minimum atomic E-state index is -0.504. The van der Waals surface area contributed by atoms with Crippen LogP contribution in [0.1, 0.15) is 79.5 Å². The Morgan fingerprint density at radius 3 is 1.84 bits per heavy atom. The van der Waals surface area contributed by atoms with Crippen molar-refractivity contribution in [3.8, 4) is 11.5 Å². The highest BCUT2D eigenvalue weighted by Gasteiger charge is 2.50. The average molecular weight is 623 g/mol. The fourth-order valence-electron chi connectivity index (χ4n) is 7.66. The molecule has 8 atom stereocenters. The number of allylic oxidation sites excluding steroid dienone is 1. The summed E-state index contributed by atoms with van der Waals surface area (Å²) in [5.74, 6) is 1.74. The summed E-state index contributed by atoms with van der Waals surface area (Å²) in [6.45, 7) is 1.96. The molecule has 2 saturated carbocycles. The number of hydrogen-bond donors (Lipinski definition) is 3. The molecule has 6 rings (SSSR count). The third-order valence-electron chi connectivity index (χ3n) is 9.81. The summed E-state index contributed by atoms with van der Waals surface area (Å²) in [6.07, 6.45) is 8.35. The molecule has 4 aliphatic rings. The van der Waals surface area contributed by atoms with Crippen LogP contribution in [0, 0.1) is 11.8 Å². The van der Waals surface area contributed by atoms with Gasteiger partial charge in [-0.25, -0.2) is 0 Å². The third kappa shape index (κ3) is 6.90. The second-order valence-corrected chi connectivity index (χ2v) is 12.5. The van der Waals surface area contributed by atoms with Gasteiger partial charge in [0.1, 0.15) is 23.7 Å². The molecule has 0 spiro atoms. The molecular weight excluding hydrogens is 576 g/mol. The molecule has 2 aromatic carbocycles. The highest BCUT2D eigenvalue weighted by Crippen LogP contribution is 2.53. The Hall–Kier alpha value is -3.40. The van der Waals surface area contributed by atoms with Gasteiger partial charge in [0, 0.05) is 67.1 Å². The SMILES string of the molecule is C/C=C/C1C(O)CC2Oc3c(CCCC(=O)OC)cccc3C21.COC(=O)CCCc1cccc2c1OC1CC(O)C(CO)C21. The molecule has 2 aliphatic carbocycles.